The van der Waals surface area contributed by atoms with E-state index in [1.54, 1.807) is 6.08 Å². The lowest BCUT2D eigenvalue weighted by molar-refractivity contribution is -0.151. The summed E-state index contributed by atoms with van der Waals surface area (Å²) in [6.07, 6.45) is 4.02. The number of carbonyl (C=O) groups is 3. The molecule has 22 heavy (non-hydrogen) atoms. The zero-order valence-corrected chi connectivity index (χ0v) is 12.8. The third-order valence-corrected chi connectivity index (χ3v) is 3.46. The average molecular weight is 298 g/mol. The first-order valence-corrected chi connectivity index (χ1v) is 7.14. The highest BCUT2D eigenvalue weighted by atomic mass is 16.5. The molecule has 114 valence electrons. The van der Waals surface area contributed by atoms with Gasteiger partial charge in [0, 0.05) is 6.08 Å². The van der Waals surface area contributed by atoms with Gasteiger partial charge in [0.15, 0.2) is 17.5 Å². The van der Waals surface area contributed by atoms with Crippen molar-refractivity contribution < 1.29 is 19.1 Å². The van der Waals surface area contributed by atoms with E-state index in [2.05, 4.69) is 13.8 Å². The Morgan fingerprint density at radius 2 is 1.82 bits per heavy atom. The first-order chi connectivity index (χ1) is 10.4. The summed E-state index contributed by atoms with van der Waals surface area (Å²) in [4.78, 5) is 35.4. The fourth-order valence-corrected chi connectivity index (χ4v) is 2.17. The summed E-state index contributed by atoms with van der Waals surface area (Å²) in [6, 6.07) is 7.76. The lowest BCUT2D eigenvalue weighted by Crippen LogP contribution is -2.34. The van der Waals surface area contributed by atoms with E-state index < -0.39 is 23.5 Å². The Hall–Kier alpha value is -2.49. The molecular weight excluding hydrogens is 280 g/mol. The molecule has 1 aliphatic heterocycles. The molecule has 2 rings (SSSR count). The van der Waals surface area contributed by atoms with Gasteiger partial charge in [-0.2, -0.15) is 0 Å². The Morgan fingerprint density at radius 1 is 1.18 bits per heavy atom. The topological polar surface area (TPSA) is 60.4 Å². The summed E-state index contributed by atoms with van der Waals surface area (Å²) in [5.41, 5.74) is 2.04. The van der Waals surface area contributed by atoms with E-state index in [4.69, 9.17) is 4.74 Å². The summed E-state index contributed by atoms with van der Waals surface area (Å²) in [7, 11) is 0. The smallest absolute Gasteiger partial charge is 0.329 e. The second-order valence-electron chi connectivity index (χ2n) is 5.57. The molecule has 1 heterocycles. The van der Waals surface area contributed by atoms with E-state index in [-0.39, 0.29) is 5.76 Å². The highest BCUT2D eigenvalue weighted by molar-refractivity contribution is 6.25. The number of allylic oxidation sites excluding steroid dienone is 3. The number of benzene rings is 1. The van der Waals surface area contributed by atoms with Crippen LogP contribution in [0.5, 0.6) is 0 Å². The normalized spacial score (nSPS) is 18.5. The molecule has 0 N–H and O–H groups in total. The van der Waals surface area contributed by atoms with Crippen LogP contribution in [0.25, 0.3) is 6.08 Å². The maximum atomic E-state index is 12.0. The zero-order valence-electron chi connectivity index (χ0n) is 12.8. The van der Waals surface area contributed by atoms with Gasteiger partial charge in [0.05, 0.1) is 0 Å². The standard InChI is InChI=1S/C18H18O4/c1-11(2)14-7-4-13(5-8-14)6-9-15(19)17-16(20)10-12(3)22-18(17)21/h4-11,17H,1-3H3. The van der Waals surface area contributed by atoms with Gasteiger partial charge in [0.25, 0.3) is 0 Å². The van der Waals surface area contributed by atoms with Crippen molar-refractivity contribution in [2.45, 2.75) is 26.7 Å². The van der Waals surface area contributed by atoms with Crippen LogP contribution in [0, 0.1) is 5.92 Å². The van der Waals surface area contributed by atoms with E-state index in [1.165, 1.54) is 24.6 Å². The Morgan fingerprint density at radius 3 is 2.36 bits per heavy atom. The predicted molar refractivity (Wildman–Crippen MR) is 82.9 cm³/mol. The van der Waals surface area contributed by atoms with Crippen molar-refractivity contribution >= 4 is 23.6 Å². The SMILES string of the molecule is CC1=CC(=O)C(C(=O)C=Cc2ccc(C(C)C)cc2)C(=O)O1. The molecule has 0 saturated carbocycles. The lowest BCUT2D eigenvalue weighted by atomic mass is 9.95. The molecule has 0 aromatic heterocycles. The van der Waals surface area contributed by atoms with Crippen LogP contribution < -0.4 is 0 Å². The summed E-state index contributed by atoms with van der Waals surface area (Å²) in [5.74, 6) is -2.63. The minimum atomic E-state index is -1.38. The Labute approximate surface area is 129 Å². The van der Waals surface area contributed by atoms with Crippen LogP contribution in [-0.2, 0) is 19.1 Å². The molecule has 0 amide bonds. The quantitative estimate of drug-likeness (QED) is 0.487. The molecule has 0 saturated heterocycles. The third-order valence-electron chi connectivity index (χ3n) is 3.46. The maximum Gasteiger partial charge on any atom is 0.329 e. The van der Waals surface area contributed by atoms with Gasteiger partial charge >= 0.3 is 5.97 Å². The number of carbonyl (C=O) groups excluding carboxylic acids is 3. The van der Waals surface area contributed by atoms with Crippen LogP contribution in [0.1, 0.15) is 37.8 Å². The molecule has 0 radical (unpaired) electrons. The van der Waals surface area contributed by atoms with E-state index in [0.717, 1.165) is 5.56 Å². The minimum Gasteiger partial charge on any atom is -0.430 e. The molecule has 1 aromatic rings. The Bertz CT molecular complexity index is 663. The molecule has 0 spiro atoms. The molecule has 1 aliphatic rings. The summed E-state index contributed by atoms with van der Waals surface area (Å²) >= 11 is 0. The molecule has 4 heteroatoms. The van der Waals surface area contributed by atoms with Crippen molar-refractivity contribution in [2.24, 2.45) is 5.92 Å². The van der Waals surface area contributed by atoms with Crippen LogP contribution in [0.15, 0.2) is 42.2 Å². The molecule has 0 bridgehead atoms. The van der Waals surface area contributed by atoms with Gasteiger partial charge in [-0.25, -0.2) is 0 Å². The molecule has 0 fully saturated rings. The van der Waals surface area contributed by atoms with Crippen LogP contribution in [-0.4, -0.2) is 17.5 Å². The van der Waals surface area contributed by atoms with E-state index in [9.17, 15) is 14.4 Å². The highest BCUT2D eigenvalue weighted by Gasteiger charge is 2.36. The number of cyclic esters (lactones) is 1. The molecular formula is C18H18O4. The summed E-state index contributed by atoms with van der Waals surface area (Å²) in [5, 5.41) is 0. The van der Waals surface area contributed by atoms with Crippen LogP contribution in [0.2, 0.25) is 0 Å². The van der Waals surface area contributed by atoms with Crippen molar-refractivity contribution in [3.63, 3.8) is 0 Å². The number of hydrogen-bond donors (Lipinski definition) is 0. The Kier molecular flexibility index (Phi) is 4.71. The lowest BCUT2D eigenvalue weighted by Gasteiger charge is -2.15. The second kappa shape index (κ2) is 6.52. The highest BCUT2D eigenvalue weighted by Crippen LogP contribution is 2.18. The van der Waals surface area contributed by atoms with Crippen molar-refractivity contribution in [3.05, 3.63) is 53.3 Å². The van der Waals surface area contributed by atoms with Gasteiger partial charge in [-0.3, -0.25) is 14.4 Å². The fourth-order valence-electron chi connectivity index (χ4n) is 2.17. The second-order valence-corrected chi connectivity index (χ2v) is 5.57. The average Bonchev–Trinajstić information content (AvgIpc) is 2.44. The fraction of sp³-hybridized carbons (Fsp3) is 0.278. The summed E-state index contributed by atoms with van der Waals surface area (Å²) in [6.45, 7) is 5.71. The van der Waals surface area contributed by atoms with Gasteiger partial charge in [-0.05, 0) is 30.0 Å². The van der Waals surface area contributed by atoms with Gasteiger partial charge in [0.1, 0.15) is 5.76 Å². The monoisotopic (exact) mass is 298 g/mol. The third kappa shape index (κ3) is 3.58. The maximum absolute atomic E-state index is 12.0. The van der Waals surface area contributed by atoms with Gasteiger partial charge < -0.3 is 4.74 Å². The van der Waals surface area contributed by atoms with Gasteiger partial charge in [-0.15, -0.1) is 0 Å². The first kappa shape index (κ1) is 15.9. The zero-order chi connectivity index (χ0) is 16.3. The van der Waals surface area contributed by atoms with Crippen molar-refractivity contribution in [1.82, 2.24) is 0 Å². The van der Waals surface area contributed by atoms with Crippen LogP contribution >= 0.6 is 0 Å². The number of ketones is 2. The number of rotatable bonds is 4. The van der Waals surface area contributed by atoms with Crippen LogP contribution in [0.4, 0.5) is 0 Å². The van der Waals surface area contributed by atoms with Crippen molar-refractivity contribution in [1.29, 1.82) is 0 Å². The molecule has 1 aromatic carbocycles. The number of hydrogen-bond acceptors (Lipinski definition) is 4. The van der Waals surface area contributed by atoms with E-state index >= 15 is 0 Å². The van der Waals surface area contributed by atoms with Crippen molar-refractivity contribution in [3.8, 4) is 0 Å². The van der Waals surface area contributed by atoms with E-state index in [0.29, 0.717) is 5.92 Å². The van der Waals surface area contributed by atoms with Crippen LogP contribution in [0.3, 0.4) is 0 Å². The number of ether oxygens (including phenoxy) is 1. The van der Waals surface area contributed by atoms with Gasteiger partial charge in [0.2, 0.25) is 0 Å². The van der Waals surface area contributed by atoms with E-state index in [1.807, 2.05) is 24.3 Å². The minimum absolute atomic E-state index is 0.215. The Balaban J connectivity index is 2.11. The number of esters is 1. The largest absolute Gasteiger partial charge is 0.430 e. The van der Waals surface area contributed by atoms with Crippen molar-refractivity contribution in [2.75, 3.05) is 0 Å². The first-order valence-electron chi connectivity index (χ1n) is 7.14. The molecule has 1 atom stereocenters. The summed E-state index contributed by atoms with van der Waals surface area (Å²) < 4.78 is 4.83. The molecule has 0 aliphatic carbocycles. The predicted octanol–water partition coefficient (Wildman–Crippen LogP) is 3.04. The molecule has 1 unspecified atom stereocenters. The van der Waals surface area contributed by atoms with Gasteiger partial charge in [-0.1, -0.05) is 44.2 Å². The molecule has 4 nitrogen and oxygen atoms in total.